The molecule has 0 aliphatic carbocycles. The third kappa shape index (κ3) is 4.61. The van der Waals surface area contributed by atoms with Crippen LogP contribution in [0.3, 0.4) is 0 Å². The lowest BCUT2D eigenvalue weighted by molar-refractivity contribution is -0.378. The van der Waals surface area contributed by atoms with E-state index in [4.69, 9.17) is 33.7 Å². The first kappa shape index (κ1) is 16.1. The van der Waals surface area contributed by atoms with E-state index in [1.54, 1.807) is 36.7 Å². The summed E-state index contributed by atoms with van der Waals surface area (Å²) < 4.78 is 5.21. The van der Waals surface area contributed by atoms with Crippen LogP contribution in [0.2, 0.25) is 10.0 Å². The zero-order valence-electron chi connectivity index (χ0n) is 11.3. The highest BCUT2D eigenvalue weighted by molar-refractivity contribution is 6.35. The first-order valence-electron chi connectivity index (χ1n) is 6.14. The number of aromatic nitrogens is 1. The number of oxime groups is 1. The van der Waals surface area contributed by atoms with E-state index >= 15 is 0 Å². The second-order valence-corrected chi connectivity index (χ2v) is 4.94. The van der Waals surface area contributed by atoms with Gasteiger partial charge in [0.2, 0.25) is 0 Å². The normalized spacial score (nSPS) is 11.1. The molecule has 0 saturated carbocycles. The Labute approximate surface area is 136 Å². The van der Waals surface area contributed by atoms with Crippen LogP contribution in [0, 0.1) is 0 Å². The molecule has 0 atom stereocenters. The minimum Gasteiger partial charge on any atom is -0.480 e. The molecule has 2 aromatic rings. The van der Waals surface area contributed by atoms with Crippen molar-refractivity contribution in [3.05, 3.63) is 58.3 Å². The van der Waals surface area contributed by atoms with Gasteiger partial charge in [0.25, 0.3) is 0 Å². The number of ether oxygens (including phenoxy) is 1. The molecule has 1 aromatic carbocycles. The number of carbonyl (C=O) groups is 1. The molecule has 0 aliphatic rings. The molecular formula is C14H12Cl2N3O3+. The molecule has 6 nitrogen and oxygen atoms in total. The molecular weight excluding hydrogens is 329 g/mol. The molecule has 8 heteroatoms. The smallest absolute Gasteiger partial charge is 0.372 e. The Bertz CT molecular complexity index is 693. The number of pyridine rings is 1. The number of aromatic amines is 1. The van der Waals surface area contributed by atoms with Crippen molar-refractivity contribution in [2.24, 2.45) is 10.9 Å². The van der Waals surface area contributed by atoms with Gasteiger partial charge in [-0.05, 0) is 24.3 Å². The predicted molar refractivity (Wildman–Crippen MR) is 81.8 cm³/mol. The van der Waals surface area contributed by atoms with E-state index in [0.29, 0.717) is 21.4 Å². The number of hydrogen-bond donors (Lipinski definition) is 1. The molecule has 0 amide bonds. The first-order valence-corrected chi connectivity index (χ1v) is 6.89. The number of amidine groups is 1. The van der Waals surface area contributed by atoms with Gasteiger partial charge in [-0.15, -0.1) is 0 Å². The quantitative estimate of drug-likeness (QED) is 0.390. The molecule has 0 radical (unpaired) electrons. The van der Waals surface area contributed by atoms with Crippen molar-refractivity contribution in [2.45, 2.75) is 0 Å². The molecule has 22 heavy (non-hydrogen) atoms. The van der Waals surface area contributed by atoms with Crippen LogP contribution in [0.15, 0.2) is 47.9 Å². The second kappa shape index (κ2) is 7.63. The van der Waals surface area contributed by atoms with Gasteiger partial charge >= 0.3 is 5.97 Å². The third-order valence-corrected chi connectivity index (χ3v) is 3.02. The summed E-state index contributed by atoms with van der Waals surface area (Å²) in [4.78, 5) is 19.0. The number of H-pyrrole nitrogens is 1. The minimum atomic E-state index is -0.714. The summed E-state index contributed by atoms with van der Waals surface area (Å²) in [5.41, 5.74) is 6.26. The lowest BCUT2D eigenvalue weighted by atomic mass is 10.3. The van der Waals surface area contributed by atoms with Crippen molar-refractivity contribution in [1.29, 1.82) is 0 Å². The Balaban J connectivity index is 1.88. The number of benzene rings is 1. The second-order valence-electron chi connectivity index (χ2n) is 4.10. The van der Waals surface area contributed by atoms with Gasteiger partial charge in [0, 0.05) is 11.1 Å². The van der Waals surface area contributed by atoms with E-state index in [0.717, 1.165) is 0 Å². The maximum atomic E-state index is 11.5. The molecule has 0 fully saturated rings. The number of nitrogens with two attached hydrogens (primary N) is 1. The lowest BCUT2D eigenvalue weighted by Gasteiger charge is -2.06. The Morgan fingerprint density at radius 1 is 1.32 bits per heavy atom. The lowest BCUT2D eigenvalue weighted by Crippen LogP contribution is -2.19. The average molecular weight is 341 g/mol. The highest BCUT2D eigenvalue weighted by Gasteiger charge is 2.09. The van der Waals surface area contributed by atoms with Crippen LogP contribution in [0.5, 0.6) is 5.75 Å². The van der Waals surface area contributed by atoms with Crippen LogP contribution in [0.25, 0.3) is 0 Å². The SMILES string of the molecule is NC(=NOC(=O)COc1ccc(Cl)cc1Cl)c1ccc[nH+]c1. The van der Waals surface area contributed by atoms with Crippen LogP contribution in [-0.4, -0.2) is 18.4 Å². The largest absolute Gasteiger partial charge is 0.480 e. The van der Waals surface area contributed by atoms with E-state index in [9.17, 15) is 4.79 Å². The molecule has 0 aliphatic heterocycles. The summed E-state index contributed by atoms with van der Waals surface area (Å²) >= 11 is 11.7. The van der Waals surface area contributed by atoms with Crippen molar-refractivity contribution < 1.29 is 19.4 Å². The van der Waals surface area contributed by atoms with E-state index in [2.05, 4.69) is 15.0 Å². The zero-order valence-corrected chi connectivity index (χ0v) is 12.8. The molecule has 0 bridgehead atoms. The van der Waals surface area contributed by atoms with Crippen LogP contribution < -0.4 is 15.5 Å². The minimum absolute atomic E-state index is 0.0646. The van der Waals surface area contributed by atoms with Gasteiger partial charge < -0.3 is 15.3 Å². The van der Waals surface area contributed by atoms with Crippen molar-refractivity contribution in [3.8, 4) is 5.75 Å². The van der Waals surface area contributed by atoms with Crippen LogP contribution in [0.1, 0.15) is 5.56 Å². The Hall–Kier alpha value is -2.31. The van der Waals surface area contributed by atoms with Gasteiger partial charge in [0.05, 0.1) is 10.6 Å². The standard InChI is InChI=1S/C14H11Cl2N3O3/c15-10-3-4-12(11(16)6-10)21-8-13(20)22-19-14(17)9-2-1-5-18-7-9/h1-7H,8H2,(H2,17,19)/p+1. The summed E-state index contributed by atoms with van der Waals surface area (Å²) in [6.45, 7) is -0.362. The Morgan fingerprint density at radius 3 is 2.82 bits per heavy atom. The van der Waals surface area contributed by atoms with E-state index < -0.39 is 5.97 Å². The van der Waals surface area contributed by atoms with Crippen molar-refractivity contribution in [2.75, 3.05) is 6.61 Å². The van der Waals surface area contributed by atoms with Crippen LogP contribution in [0.4, 0.5) is 0 Å². The molecule has 0 unspecified atom stereocenters. The average Bonchev–Trinajstić information content (AvgIpc) is 2.52. The Morgan fingerprint density at radius 2 is 2.14 bits per heavy atom. The number of nitrogens with one attached hydrogen (secondary N) is 1. The number of rotatable bonds is 5. The van der Waals surface area contributed by atoms with Gasteiger partial charge in [-0.2, -0.15) is 0 Å². The van der Waals surface area contributed by atoms with Crippen molar-refractivity contribution >= 4 is 35.0 Å². The number of nitrogens with zero attached hydrogens (tertiary/aromatic N) is 1. The fourth-order valence-corrected chi connectivity index (χ4v) is 1.92. The summed E-state index contributed by atoms with van der Waals surface area (Å²) in [5, 5.41) is 4.30. The summed E-state index contributed by atoms with van der Waals surface area (Å²) in [5.74, 6) is -0.332. The number of halogens is 2. The third-order valence-electron chi connectivity index (χ3n) is 2.49. The first-order chi connectivity index (χ1) is 10.6. The van der Waals surface area contributed by atoms with Crippen LogP contribution in [-0.2, 0) is 9.63 Å². The monoisotopic (exact) mass is 340 g/mol. The Kier molecular flexibility index (Phi) is 5.57. The van der Waals surface area contributed by atoms with Crippen LogP contribution >= 0.6 is 23.2 Å². The molecule has 114 valence electrons. The fourth-order valence-electron chi connectivity index (χ4n) is 1.46. The predicted octanol–water partition coefficient (Wildman–Crippen LogP) is 2.05. The maximum Gasteiger partial charge on any atom is 0.372 e. The fraction of sp³-hybridized carbons (Fsp3) is 0.0714. The topological polar surface area (TPSA) is 88.1 Å². The molecule has 0 saturated heterocycles. The van der Waals surface area contributed by atoms with Crippen molar-refractivity contribution in [3.63, 3.8) is 0 Å². The van der Waals surface area contributed by atoms with E-state index in [1.807, 2.05) is 0 Å². The van der Waals surface area contributed by atoms with Crippen molar-refractivity contribution in [1.82, 2.24) is 0 Å². The van der Waals surface area contributed by atoms with Gasteiger partial charge in [-0.25, -0.2) is 9.78 Å². The molecule has 1 aromatic heterocycles. The van der Waals surface area contributed by atoms with Gasteiger partial charge in [-0.3, -0.25) is 0 Å². The molecule has 1 heterocycles. The summed E-state index contributed by atoms with van der Waals surface area (Å²) in [6.07, 6.45) is 3.34. The van der Waals surface area contributed by atoms with Gasteiger partial charge in [0.1, 0.15) is 5.75 Å². The number of hydrogen-bond acceptors (Lipinski definition) is 4. The maximum absolute atomic E-state index is 11.5. The highest BCUT2D eigenvalue weighted by Crippen LogP contribution is 2.27. The highest BCUT2D eigenvalue weighted by atomic mass is 35.5. The van der Waals surface area contributed by atoms with Gasteiger partial charge in [-0.1, -0.05) is 28.4 Å². The van der Waals surface area contributed by atoms with E-state index in [1.165, 1.54) is 6.07 Å². The number of carbonyl (C=O) groups excluding carboxylic acids is 1. The molecule has 2 rings (SSSR count). The van der Waals surface area contributed by atoms with Gasteiger partial charge in [0.15, 0.2) is 24.8 Å². The van der Waals surface area contributed by atoms with E-state index in [-0.39, 0.29) is 12.4 Å². The molecule has 0 spiro atoms. The zero-order chi connectivity index (χ0) is 15.9. The summed E-state index contributed by atoms with van der Waals surface area (Å²) in [7, 11) is 0. The molecule has 3 N–H and O–H groups in total. The summed E-state index contributed by atoms with van der Waals surface area (Å²) in [6, 6.07) is 8.11.